The second-order valence-corrected chi connectivity index (χ2v) is 7.91. The second-order valence-electron chi connectivity index (χ2n) is 7.91. The van der Waals surface area contributed by atoms with E-state index in [1.807, 2.05) is 0 Å². The molecule has 0 N–H and O–H groups in total. The predicted molar refractivity (Wildman–Crippen MR) is 75.4 cm³/mol. The van der Waals surface area contributed by atoms with Gasteiger partial charge in [0.05, 0.1) is 6.07 Å². The third-order valence-corrected chi connectivity index (χ3v) is 6.87. The molecule has 4 aliphatic carbocycles. The van der Waals surface area contributed by atoms with Gasteiger partial charge in [0.1, 0.15) is 5.54 Å². The Kier molecular flexibility index (Phi) is 2.71. The van der Waals surface area contributed by atoms with Crippen molar-refractivity contribution in [1.29, 1.82) is 5.26 Å². The van der Waals surface area contributed by atoms with Crippen molar-refractivity contribution in [1.82, 2.24) is 4.90 Å². The highest BCUT2D eigenvalue weighted by Gasteiger charge is 2.56. The van der Waals surface area contributed by atoms with Crippen LogP contribution in [0.3, 0.4) is 0 Å². The summed E-state index contributed by atoms with van der Waals surface area (Å²) >= 11 is 0. The van der Waals surface area contributed by atoms with Crippen LogP contribution in [0.25, 0.3) is 0 Å². The van der Waals surface area contributed by atoms with E-state index >= 15 is 0 Å². The van der Waals surface area contributed by atoms with E-state index < -0.39 is 0 Å². The Labute approximate surface area is 117 Å². The smallest absolute Gasteiger partial charge is 0.109 e. The molecule has 2 heteroatoms. The maximum absolute atomic E-state index is 9.94. The molecule has 19 heavy (non-hydrogen) atoms. The molecule has 4 bridgehead atoms. The van der Waals surface area contributed by atoms with Gasteiger partial charge in [-0.15, -0.1) is 0 Å². The highest BCUT2D eigenvalue weighted by Crippen LogP contribution is 2.59. The molecule has 0 aromatic heterocycles. The van der Waals surface area contributed by atoms with Crippen molar-refractivity contribution >= 4 is 0 Å². The van der Waals surface area contributed by atoms with Crippen LogP contribution < -0.4 is 0 Å². The minimum atomic E-state index is -0.168. The fourth-order valence-electron chi connectivity index (χ4n) is 6.38. The summed E-state index contributed by atoms with van der Waals surface area (Å²) in [4.78, 5) is 2.53. The molecule has 0 aromatic carbocycles. The molecular weight excluding hydrogens is 232 g/mol. The molecule has 1 unspecified atom stereocenters. The van der Waals surface area contributed by atoms with E-state index in [0.29, 0.717) is 5.92 Å². The molecule has 0 radical (unpaired) electrons. The minimum absolute atomic E-state index is 0.168. The monoisotopic (exact) mass is 258 g/mol. The molecule has 104 valence electrons. The number of nitriles is 1. The van der Waals surface area contributed by atoms with Crippen molar-refractivity contribution in [2.75, 3.05) is 13.1 Å². The van der Waals surface area contributed by atoms with E-state index in [0.717, 1.165) is 36.8 Å². The van der Waals surface area contributed by atoms with Crippen LogP contribution in [-0.4, -0.2) is 23.5 Å². The Morgan fingerprint density at radius 1 is 0.947 bits per heavy atom. The molecule has 0 aromatic rings. The van der Waals surface area contributed by atoms with Crippen LogP contribution in [-0.2, 0) is 0 Å². The molecule has 1 saturated heterocycles. The Hall–Kier alpha value is -0.550. The lowest BCUT2D eigenvalue weighted by atomic mass is 9.48. The summed E-state index contributed by atoms with van der Waals surface area (Å²) in [5.74, 6) is 4.42. The van der Waals surface area contributed by atoms with Crippen molar-refractivity contribution in [2.24, 2.45) is 29.6 Å². The first-order valence-electron chi connectivity index (χ1n) is 8.37. The molecule has 0 spiro atoms. The molecule has 2 nitrogen and oxygen atoms in total. The first-order chi connectivity index (χ1) is 9.20. The summed E-state index contributed by atoms with van der Waals surface area (Å²) in [5, 5.41) is 9.94. The Morgan fingerprint density at radius 3 is 1.95 bits per heavy atom. The Morgan fingerprint density at radius 2 is 1.47 bits per heavy atom. The highest BCUT2D eigenvalue weighted by molar-refractivity contribution is 5.16. The number of rotatable bonds is 2. The van der Waals surface area contributed by atoms with Gasteiger partial charge in [-0.2, -0.15) is 5.26 Å². The lowest BCUT2D eigenvalue weighted by molar-refractivity contribution is -0.0872. The summed E-state index contributed by atoms with van der Waals surface area (Å²) in [6.07, 6.45) is 9.83. The fourth-order valence-corrected chi connectivity index (χ4v) is 6.38. The van der Waals surface area contributed by atoms with E-state index in [1.165, 1.54) is 44.9 Å². The zero-order chi connectivity index (χ0) is 13.0. The van der Waals surface area contributed by atoms with Crippen molar-refractivity contribution in [3.8, 4) is 6.07 Å². The van der Waals surface area contributed by atoms with E-state index in [9.17, 15) is 5.26 Å². The second kappa shape index (κ2) is 4.22. The molecule has 1 aliphatic heterocycles. The van der Waals surface area contributed by atoms with Gasteiger partial charge in [-0.1, -0.05) is 0 Å². The summed E-state index contributed by atoms with van der Waals surface area (Å²) in [5.41, 5.74) is -0.168. The molecule has 5 aliphatic rings. The van der Waals surface area contributed by atoms with Gasteiger partial charge in [0, 0.05) is 0 Å². The molecule has 5 fully saturated rings. The first kappa shape index (κ1) is 12.2. The lowest BCUT2D eigenvalue weighted by Crippen LogP contribution is -2.59. The maximum Gasteiger partial charge on any atom is 0.109 e. The molecule has 4 saturated carbocycles. The third kappa shape index (κ3) is 1.70. The van der Waals surface area contributed by atoms with Gasteiger partial charge in [0.25, 0.3) is 0 Å². The van der Waals surface area contributed by atoms with E-state index in [-0.39, 0.29) is 5.54 Å². The standard InChI is InChI=1S/C17H26N2/c1-17(11-18,19-4-2-3-5-19)16-14-7-12-6-13(9-14)10-15(16)8-12/h12-16H,2-10H2,1H3. The summed E-state index contributed by atoms with van der Waals surface area (Å²) in [6, 6.07) is 2.77. The summed E-state index contributed by atoms with van der Waals surface area (Å²) in [7, 11) is 0. The zero-order valence-electron chi connectivity index (χ0n) is 12.1. The maximum atomic E-state index is 9.94. The molecule has 0 amide bonds. The Balaban J connectivity index is 1.65. The average molecular weight is 258 g/mol. The quantitative estimate of drug-likeness (QED) is 0.758. The number of hydrogen-bond donors (Lipinski definition) is 0. The van der Waals surface area contributed by atoms with E-state index in [2.05, 4.69) is 17.9 Å². The highest BCUT2D eigenvalue weighted by atomic mass is 15.2. The third-order valence-electron chi connectivity index (χ3n) is 6.87. The number of nitrogens with zero attached hydrogens (tertiary/aromatic N) is 2. The number of hydrogen-bond acceptors (Lipinski definition) is 2. The van der Waals surface area contributed by atoms with Gasteiger partial charge in [0.2, 0.25) is 0 Å². The topological polar surface area (TPSA) is 27.0 Å². The van der Waals surface area contributed by atoms with Gasteiger partial charge >= 0.3 is 0 Å². The molecule has 1 atom stereocenters. The van der Waals surface area contributed by atoms with Gasteiger partial charge in [0.15, 0.2) is 0 Å². The normalized spacial score (nSPS) is 48.1. The van der Waals surface area contributed by atoms with Crippen LogP contribution in [0.15, 0.2) is 0 Å². The summed E-state index contributed by atoms with van der Waals surface area (Å²) < 4.78 is 0. The lowest BCUT2D eigenvalue weighted by Gasteiger charge is -2.59. The fraction of sp³-hybridized carbons (Fsp3) is 0.941. The SMILES string of the molecule is CC(C#N)(C1C2CC3CC(C2)CC1C3)N1CCCC1. The van der Waals surface area contributed by atoms with Crippen molar-refractivity contribution < 1.29 is 0 Å². The van der Waals surface area contributed by atoms with Crippen molar-refractivity contribution in [3.05, 3.63) is 0 Å². The molecule has 1 heterocycles. The van der Waals surface area contributed by atoms with E-state index in [1.54, 1.807) is 0 Å². The zero-order valence-corrected chi connectivity index (χ0v) is 12.1. The van der Waals surface area contributed by atoms with E-state index in [4.69, 9.17) is 0 Å². The van der Waals surface area contributed by atoms with Crippen LogP contribution in [0.2, 0.25) is 0 Å². The van der Waals surface area contributed by atoms with Crippen LogP contribution >= 0.6 is 0 Å². The predicted octanol–water partition coefficient (Wildman–Crippen LogP) is 3.44. The first-order valence-corrected chi connectivity index (χ1v) is 8.37. The minimum Gasteiger partial charge on any atom is -0.286 e. The van der Waals surface area contributed by atoms with Crippen molar-refractivity contribution in [2.45, 2.75) is 57.4 Å². The van der Waals surface area contributed by atoms with Crippen molar-refractivity contribution in [3.63, 3.8) is 0 Å². The van der Waals surface area contributed by atoms with Gasteiger partial charge in [-0.3, -0.25) is 4.90 Å². The Bertz CT molecular complexity index is 376. The van der Waals surface area contributed by atoms with Crippen LogP contribution in [0, 0.1) is 40.9 Å². The van der Waals surface area contributed by atoms with Gasteiger partial charge in [-0.25, -0.2) is 0 Å². The van der Waals surface area contributed by atoms with Crippen LogP contribution in [0.4, 0.5) is 0 Å². The van der Waals surface area contributed by atoms with Crippen LogP contribution in [0.5, 0.6) is 0 Å². The van der Waals surface area contributed by atoms with Crippen LogP contribution in [0.1, 0.15) is 51.9 Å². The van der Waals surface area contributed by atoms with Gasteiger partial charge in [-0.05, 0) is 94.5 Å². The largest absolute Gasteiger partial charge is 0.286 e. The van der Waals surface area contributed by atoms with Gasteiger partial charge < -0.3 is 0 Å². The summed E-state index contributed by atoms with van der Waals surface area (Å²) in [6.45, 7) is 4.59. The number of likely N-dealkylation sites (tertiary alicyclic amines) is 1. The molecular formula is C17H26N2. The molecule has 5 rings (SSSR count). The average Bonchev–Trinajstić information content (AvgIpc) is 2.91.